The minimum absolute atomic E-state index is 0.146. The molecule has 118 valence electrons. The van der Waals surface area contributed by atoms with Crippen molar-refractivity contribution in [3.05, 3.63) is 71.9 Å². The van der Waals surface area contributed by atoms with E-state index in [1.807, 2.05) is 30.3 Å². The second kappa shape index (κ2) is 6.21. The van der Waals surface area contributed by atoms with Gasteiger partial charge in [0.1, 0.15) is 5.69 Å². The van der Waals surface area contributed by atoms with Gasteiger partial charge in [0.15, 0.2) is 0 Å². The van der Waals surface area contributed by atoms with E-state index in [1.165, 1.54) is 4.31 Å². The van der Waals surface area contributed by atoms with Gasteiger partial charge < -0.3 is 0 Å². The van der Waals surface area contributed by atoms with Crippen LogP contribution in [0.15, 0.2) is 70.2 Å². The molecule has 3 rings (SSSR count). The molecule has 0 bridgehead atoms. The highest BCUT2D eigenvalue weighted by Gasteiger charge is 2.29. The summed E-state index contributed by atoms with van der Waals surface area (Å²) in [7, 11) is -3.77. The lowest BCUT2D eigenvalue weighted by Crippen LogP contribution is -2.31. The third-order valence-corrected chi connectivity index (χ3v) is 5.12. The molecule has 23 heavy (non-hydrogen) atoms. The first kappa shape index (κ1) is 15.2. The first-order valence-corrected chi connectivity index (χ1v) is 8.44. The number of aryl methyl sites for hydroxylation is 1. The Hall–Kier alpha value is -2.67. The van der Waals surface area contributed by atoms with Crippen molar-refractivity contribution in [2.75, 3.05) is 4.31 Å². The highest BCUT2D eigenvalue weighted by atomic mass is 32.2. The molecule has 1 heterocycles. The average Bonchev–Trinajstić information content (AvgIpc) is 3.00. The first-order valence-electron chi connectivity index (χ1n) is 7.00. The molecule has 0 N–H and O–H groups in total. The van der Waals surface area contributed by atoms with Crippen molar-refractivity contribution in [1.82, 2.24) is 10.3 Å². The Morgan fingerprint density at radius 1 is 0.957 bits per heavy atom. The van der Waals surface area contributed by atoms with Crippen LogP contribution in [0.4, 0.5) is 5.82 Å². The SMILES string of the molecule is Cc1nonc1N(Cc1ccccc1)S(=O)(=O)c1ccccc1. The van der Waals surface area contributed by atoms with E-state index in [0.717, 1.165) is 5.56 Å². The van der Waals surface area contributed by atoms with Crippen molar-refractivity contribution in [3.8, 4) is 0 Å². The molecule has 0 amide bonds. The predicted octanol–water partition coefficient (Wildman–Crippen LogP) is 2.77. The quantitative estimate of drug-likeness (QED) is 0.719. The zero-order valence-electron chi connectivity index (χ0n) is 12.5. The number of sulfonamides is 1. The number of hydrogen-bond acceptors (Lipinski definition) is 5. The molecular formula is C16H15N3O3S. The fourth-order valence-electron chi connectivity index (χ4n) is 2.20. The largest absolute Gasteiger partial charge is 0.265 e. The summed E-state index contributed by atoms with van der Waals surface area (Å²) < 4.78 is 31.9. The maximum absolute atomic E-state index is 13.0. The van der Waals surface area contributed by atoms with Crippen LogP contribution in [0.25, 0.3) is 0 Å². The summed E-state index contributed by atoms with van der Waals surface area (Å²) in [5.74, 6) is 0.192. The van der Waals surface area contributed by atoms with Gasteiger partial charge in [0.25, 0.3) is 10.0 Å². The van der Waals surface area contributed by atoms with E-state index >= 15 is 0 Å². The van der Waals surface area contributed by atoms with Gasteiger partial charge in [0, 0.05) is 0 Å². The van der Waals surface area contributed by atoms with Gasteiger partial charge in [0.2, 0.25) is 5.82 Å². The molecule has 0 aliphatic carbocycles. The maximum Gasteiger partial charge on any atom is 0.265 e. The monoisotopic (exact) mass is 329 g/mol. The molecule has 3 aromatic rings. The van der Waals surface area contributed by atoms with E-state index in [2.05, 4.69) is 14.9 Å². The molecule has 0 unspecified atom stereocenters. The van der Waals surface area contributed by atoms with Crippen molar-refractivity contribution in [2.45, 2.75) is 18.4 Å². The number of anilines is 1. The minimum Gasteiger partial charge on any atom is -0.242 e. The molecule has 2 aromatic carbocycles. The van der Waals surface area contributed by atoms with Gasteiger partial charge in [-0.15, -0.1) is 0 Å². The van der Waals surface area contributed by atoms with Crippen LogP contribution in [-0.2, 0) is 16.6 Å². The van der Waals surface area contributed by atoms with Gasteiger partial charge in [-0.2, -0.15) is 0 Å². The fraction of sp³-hybridized carbons (Fsp3) is 0.125. The van der Waals surface area contributed by atoms with Crippen LogP contribution in [0.5, 0.6) is 0 Å². The smallest absolute Gasteiger partial charge is 0.242 e. The topological polar surface area (TPSA) is 76.3 Å². The van der Waals surface area contributed by atoms with Gasteiger partial charge in [-0.05, 0) is 29.8 Å². The maximum atomic E-state index is 13.0. The fourth-order valence-corrected chi connectivity index (χ4v) is 3.66. The zero-order chi connectivity index (χ0) is 16.3. The Labute approximate surface area is 134 Å². The highest BCUT2D eigenvalue weighted by molar-refractivity contribution is 7.92. The zero-order valence-corrected chi connectivity index (χ0v) is 13.3. The Morgan fingerprint density at radius 2 is 1.57 bits per heavy atom. The molecule has 0 radical (unpaired) electrons. The number of aromatic nitrogens is 2. The molecule has 7 heteroatoms. The second-order valence-corrected chi connectivity index (χ2v) is 6.85. The van der Waals surface area contributed by atoms with E-state index in [4.69, 9.17) is 0 Å². The normalized spacial score (nSPS) is 11.3. The van der Waals surface area contributed by atoms with E-state index in [9.17, 15) is 8.42 Å². The van der Waals surface area contributed by atoms with Crippen molar-refractivity contribution in [1.29, 1.82) is 0 Å². The molecule has 0 saturated carbocycles. The second-order valence-electron chi connectivity index (χ2n) is 4.98. The van der Waals surface area contributed by atoms with Crippen LogP contribution in [0.1, 0.15) is 11.3 Å². The Kier molecular flexibility index (Phi) is 4.12. The van der Waals surface area contributed by atoms with E-state index in [-0.39, 0.29) is 17.3 Å². The summed E-state index contributed by atoms with van der Waals surface area (Å²) in [6.45, 7) is 1.80. The summed E-state index contributed by atoms with van der Waals surface area (Å²) in [6, 6.07) is 17.5. The van der Waals surface area contributed by atoms with Crippen molar-refractivity contribution < 1.29 is 13.0 Å². The lowest BCUT2D eigenvalue weighted by molar-refractivity contribution is 0.305. The standard InChI is InChI=1S/C16H15N3O3S/c1-13-16(18-22-17-13)19(12-14-8-4-2-5-9-14)23(20,21)15-10-6-3-7-11-15/h2-11H,12H2,1H3. The Bertz CT molecular complexity index is 877. The summed E-state index contributed by atoms with van der Waals surface area (Å²) in [5.41, 5.74) is 1.26. The Morgan fingerprint density at radius 3 is 2.13 bits per heavy atom. The lowest BCUT2D eigenvalue weighted by Gasteiger charge is -2.22. The van der Waals surface area contributed by atoms with Gasteiger partial charge in [-0.1, -0.05) is 53.7 Å². The molecule has 6 nitrogen and oxygen atoms in total. The third kappa shape index (κ3) is 3.09. The number of nitrogens with zero attached hydrogens (tertiary/aromatic N) is 3. The number of benzene rings is 2. The summed E-state index contributed by atoms with van der Waals surface area (Å²) >= 11 is 0. The van der Waals surface area contributed by atoms with Gasteiger partial charge in [0.05, 0.1) is 11.4 Å². The molecule has 0 aliphatic rings. The minimum atomic E-state index is -3.77. The summed E-state index contributed by atoms with van der Waals surface area (Å²) in [5, 5.41) is 7.46. The molecule has 0 fully saturated rings. The van der Waals surface area contributed by atoms with Crippen LogP contribution < -0.4 is 4.31 Å². The highest BCUT2D eigenvalue weighted by Crippen LogP contribution is 2.26. The molecule has 0 atom stereocenters. The van der Waals surface area contributed by atoms with E-state index < -0.39 is 10.0 Å². The van der Waals surface area contributed by atoms with Gasteiger partial charge in [-0.3, -0.25) is 0 Å². The molecule has 0 spiro atoms. The van der Waals surface area contributed by atoms with Crippen molar-refractivity contribution >= 4 is 15.8 Å². The predicted molar refractivity (Wildman–Crippen MR) is 85.3 cm³/mol. The van der Waals surface area contributed by atoms with Crippen molar-refractivity contribution in [2.24, 2.45) is 0 Å². The van der Waals surface area contributed by atoms with Crippen LogP contribution >= 0.6 is 0 Å². The van der Waals surface area contributed by atoms with E-state index in [1.54, 1.807) is 37.3 Å². The third-order valence-electron chi connectivity index (χ3n) is 3.37. The average molecular weight is 329 g/mol. The summed E-state index contributed by atoms with van der Waals surface area (Å²) in [4.78, 5) is 0.193. The van der Waals surface area contributed by atoms with Gasteiger partial charge >= 0.3 is 0 Å². The van der Waals surface area contributed by atoms with Crippen molar-refractivity contribution in [3.63, 3.8) is 0 Å². The van der Waals surface area contributed by atoms with Crippen LogP contribution in [-0.4, -0.2) is 18.7 Å². The lowest BCUT2D eigenvalue weighted by atomic mass is 10.2. The molecular weight excluding hydrogens is 314 g/mol. The van der Waals surface area contributed by atoms with Crippen LogP contribution in [0, 0.1) is 6.92 Å². The van der Waals surface area contributed by atoms with E-state index in [0.29, 0.717) is 5.69 Å². The van der Waals surface area contributed by atoms with Crippen LogP contribution in [0.2, 0.25) is 0 Å². The van der Waals surface area contributed by atoms with Crippen LogP contribution in [0.3, 0.4) is 0 Å². The summed E-state index contributed by atoms with van der Waals surface area (Å²) in [6.07, 6.45) is 0. The number of hydrogen-bond donors (Lipinski definition) is 0. The number of rotatable bonds is 5. The molecule has 1 aromatic heterocycles. The Balaban J connectivity index is 2.07. The first-order chi connectivity index (χ1) is 11.1. The molecule has 0 saturated heterocycles. The molecule has 0 aliphatic heterocycles. The van der Waals surface area contributed by atoms with Gasteiger partial charge in [-0.25, -0.2) is 17.4 Å².